The van der Waals surface area contributed by atoms with Crippen LogP contribution in [0.2, 0.25) is 0 Å². The van der Waals surface area contributed by atoms with Gasteiger partial charge in [0, 0.05) is 0 Å². The summed E-state index contributed by atoms with van der Waals surface area (Å²) >= 11 is 0. The summed E-state index contributed by atoms with van der Waals surface area (Å²) < 4.78 is 0. The van der Waals surface area contributed by atoms with E-state index in [1.54, 1.807) is 24.3 Å². The minimum absolute atomic E-state index is 0.112. The van der Waals surface area contributed by atoms with Gasteiger partial charge >= 0.3 is 0 Å². The van der Waals surface area contributed by atoms with Gasteiger partial charge in [0.25, 0.3) is 0 Å². The highest BCUT2D eigenvalue weighted by atomic mass is 16.2. The predicted molar refractivity (Wildman–Crippen MR) is 107 cm³/mol. The van der Waals surface area contributed by atoms with Crippen molar-refractivity contribution in [3.05, 3.63) is 102 Å². The van der Waals surface area contributed by atoms with E-state index in [4.69, 9.17) is 0 Å². The van der Waals surface area contributed by atoms with Crippen LogP contribution in [0.1, 0.15) is 29.7 Å². The third kappa shape index (κ3) is 4.60. The number of carbonyl (C=O) groups is 1. The Bertz CT molecular complexity index is 893. The molecule has 0 fully saturated rings. The second kappa shape index (κ2) is 8.79. The fraction of sp³-hybridized carbons (Fsp3) is 0.130. The smallest absolute Gasteiger partial charge is 0.241 e. The van der Waals surface area contributed by atoms with Crippen LogP contribution in [0.25, 0.3) is 0 Å². The van der Waals surface area contributed by atoms with Gasteiger partial charge in [0.05, 0.1) is 23.3 Å². The molecule has 0 radical (unpaired) electrons. The molecular weight excluding hydrogens is 334 g/mol. The Hall–Kier alpha value is -3.42. The normalized spacial score (nSPS) is 11.6. The highest BCUT2D eigenvalue weighted by molar-refractivity contribution is 5.95. The SMILES string of the molecule is CC(NC(c1ccccc1)c1ccccc1)C(=O)Nc1ccccc1C#N. The van der Waals surface area contributed by atoms with Crippen molar-refractivity contribution in [3.63, 3.8) is 0 Å². The fourth-order valence-electron chi connectivity index (χ4n) is 2.93. The molecule has 0 spiro atoms. The van der Waals surface area contributed by atoms with E-state index in [9.17, 15) is 10.1 Å². The van der Waals surface area contributed by atoms with Crippen molar-refractivity contribution in [1.29, 1.82) is 5.26 Å². The first kappa shape index (κ1) is 18.4. The van der Waals surface area contributed by atoms with Crippen molar-refractivity contribution in [2.75, 3.05) is 5.32 Å². The first-order chi connectivity index (χ1) is 13.2. The van der Waals surface area contributed by atoms with Crippen LogP contribution in [0.15, 0.2) is 84.9 Å². The molecule has 27 heavy (non-hydrogen) atoms. The minimum atomic E-state index is -0.456. The van der Waals surface area contributed by atoms with Crippen LogP contribution in [-0.2, 0) is 4.79 Å². The van der Waals surface area contributed by atoms with Gasteiger partial charge in [0.15, 0.2) is 0 Å². The van der Waals surface area contributed by atoms with E-state index < -0.39 is 6.04 Å². The molecule has 0 saturated carbocycles. The molecule has 0 heterocycles. The van der Waals surface area contributed by atoms with Crippen molar-refractivity contribution < 1.29 is 4.79 Å². The standard InChI is InChI=1S/C23H21N3O/c1-17(23(27)26-21-15-9-8-14-20(21)16-24)25-22(18-10-4-2-5-11-18)19-12-6-3-7-13-19/h2-15,17,22,25H,1H3,(H,26,27). The van der Waals surface area contributed by atoms with Crippen LogP contribution in [0.4, 0.5) is 5.69 Å². The predicted octanol–water partition coefficient (Wildman–Crippen LogP) is 4.26. The molecule has 1 atom stereocenters. The van der Waals surface area contributed by atoms with Crippen molar-refractivity contribution in [2.24, 2.45) is 0 Å². The average Bonchev–Trinajstić information content (AvgIpc) is 2.73. The quantitative estimate of drug-likeness (QED) is 0.694. The number of hydrogen-bond acceptors (Lipinski definition) is 3. The second-order valence-electron chi connectivity index (χ2n) is 6.29. The lowest BCUT2D eigenvalue weighted by Gasteiger charge is -2.24. The fourth-order valence-corrected chi connectivity index (χ4v) is 2.93. The number of nitrogens with zero attached hydrogens (tertiary/aromatic N) is 1. The van der Waals surface area contributed by atoms with Crippen LogP contribution in [-0.4, -0.2) is 11.9 Å². The largest absolute Gasteiger partial charge is 0.324 e. The van der Waals surface area contributed by atoms with Crippen molar-refractivity contribution in [3.8, 4) is 6.07 Å². The lowest BCUT2D eigenvalue weighted by Crippen LogP contribution is -2.40. The summed E-state index contributed by atoms with van der Waals surface area (Å²) in [7, 11) is 0. The summed E-state index contributed by atoms with van der Waals surface area (Å²) in [6, 6.07) is 28.6. The number of anilines is 1. The number of carbonyl (C=O) groups excluding carboxylic acids is 1. The van der Waals surface area contributed by atoms with Gasteiger partial charge in [0.1, 0.15) is 6.07 Å². The molecule has 0 aromatic heterocycles. The van der Waals surface area contributed by atoms with E-state index in [1.165, 1.54) is 0 Å². The van der Waals surface area contributed by atoms with Gasteiger partial charge in [-0.05, 0) is 30.2 Å². The number of para-hydroxylation sites is 1. The van der Waals surface area contributed by atoms with Crippen LogP contribution in [0.5, 0.6) is 0 Å². The zero-order chi connectivity index (χ0) is 19.1. The Morgan fingerprint density at radius 1 is 0.852 bits per heavy atom. The molecule has 4 nitrogen and oxygen atoms in total. The number of rotatable bonds is 6. The van der Waals surface area contributed by atoms with Gasteiger partial charge in [-0.2, -0.15) is 5.26 Å². The average molecular weight is 355 g/mol. The molecule has 0 bridgehead atoms. The number of benzene rings is 3. The molecule has 134 valence electrons. The first-order valence-corrected chi connectivity index (χ1v) is 8.85. The summed E-state index contributed by atoms with van der Waals surface area (Å²) in [5.41, 5.74) is 3.14. The third-order valence-electron chi connectivity index (χ3n) is 4.38. The number of amides is 1. The molecule has 3 aromatic carbocycles. The molecule has 0 aliphatic rings. The van der Waals surface area contributed by atoms with Gasteiger partial charge in [0.2, 0.25) is 5.91 Å². The molecule has 2 N–H and O–H groups in total. The molecule has 4 heteroatoms. The monoisotopic (exact) mass is 355 g/mol. The van der Waals surface area contributed by atoms with Gasteiger partial charge in [-0.25, -0.2) is 0 Å². The topological polar surface area (TPSA) is 64.9 Å². The summed E-state index contributed by atoms with van der Waals surface area (Å²) in [6.07, 6.45) is 0. The summed E-state index contributed by atoms with van der Waals surface area (Å²) in [6.45, 7) is 1.82. The van der Waals surface area contributed by atoms with E-state index in [0.717, 1.165) is 11.1 Å². The molecule has 0 saturated heterocycles. The maximum Gasteiger partial charge on any atom is 0.241 e. The van der Waals surface area contributed by atoms with Crippen molar-refractivity contribution in [1.82, 2.24) is 5.32 Å². The van der Waals surface area contributed by atoms with Crippen LogP contribution >= 0.6 is 0 Å². The van der Waals surface area contributed by atoms with E-state index in [2.05, 4.69) is 16.7 Å². The van der Waals surface area contributed by atoms with Gasteiger partial charge < -0.3 is 5.32 Å². The van der Waals surface area contributed by atoms with Crippen molar-refractivity contribution >= 4 is 11.6 Å². The molecule has 3 aromatic rings. The van der Waals surface area contributed by atoms with Crippen molar-refractivity contribution in [2.45, 2.75) is 19.0 Å². The zero-order valence-corrected chi connectivity index (χ0v) is 15.1. The van der Waals surface area contributed by atoms with Gasteiger partial charge in [-0.1, -0.05) is 72.8 Å². The van der Waals surface area contributed by atoms with Gasteiger partial charge in [-0.3, -0.25) is 10.1 Å². The van der Waals surface area contributed by atoms with Crippen LogP contribution in [0.3, 0.4) is 0 Å². The highest BCUT2D eigenvalue weighted by Gasteiger charge is 2.21. The molecule has 0 aliphatic carbocycles. The highest BCUT2D eigenvalue weighted by Crippen LogP contribution is 2.23. The first-order valence-electron chi connectivity index (χ1n) is 8.85. The van der Waals surface area contributed by atoms with E-state index in [-0.39, 0.29) is 11.9 Å². The Kier molecular flexibility index (Phi) is 5.98. The Morgan fingerprint density at radius 3 is 1.93 bits per heavy atom. The van der Waals surface area contributed by atoms with Gasteiger partial charge in [-0.15, -0.1) is 0 Å². The molecule has 1 amide bonds. The van der Waals surface area contributed by atoms with Crippen LogP contribution in [0, 0.1) is 11.3 Å². The second-order valence-corrected chi connectivity index (χ2v) is 6.29. The van der Waals surface area contributed by atoms with E-state index in [1.807, 2.05) is 67.6 Å². The number of nitrogens with one attached hydrogen (secondary N) is 2. The number of nitriles is 1. The minimum Gasteiger partial charge on any atom is -0.324 e. The summed E-state index contributed by atoms with van der Waals surface area (Å²) in [5, 5.41) is 15.5. The van der Waals surface area contributed by atoms with E-state index in [0.29, 0.717) is 11.3 Å². The lowest BCUT2D eigenvalue weighted by atomic mass is 9.98. The Balaban J connectivity index is 1.79. The maximum atomic E-state index is 12.7. The molecule has 1 unspecified atom stereocenters. The summed E-state index contributed by atoms with van der Waals surface area (Å²) in [5.74, 6) is -0.186. The summed E-state index contributed by atoms with van der Waals surface area (Å²) in [4.78, 5) is 12.7. The Morgan fingerprint density at radius 2 is 1.37 bits per heavy atom. The molecule has 3 rings (SSSR count). The Labute approximate surface area is 159 Å². The maximum absolute atomic E-state index is 12.7. The van der Waals surface area contributed by atoms with Crippen LogP contribution < -0.4 is 10.6 Å². The number of hydrogen-bond donors (Lipinski definition) is 2. The van der Waals surface area contributed by atoms with E-state index >= 15 is 0 Å². The molecular formula is C23H21N3O. The third-order valence-corrected chi connectivity index (χ3v) is 4.38. The zero-order valence-electron chi connectivity index (χ0n) is 15.1. The lowest BCUT2D eigenvalue weighted by molar-refractivity contribution is -0.117. The molecule has 0 aliphatic heterocycles.